The molecule has 2 rings (SSSR count). The summed E-state index contributed by atoms with van der Waals surface area (Å²) in [5, 5.41) is 11.7. The van der Waals surface area contributed by atoms with Crippen molar-refractivity contribution in [1.29, 1.82) is 0 Å². The predicted molar refractivity (Wildman–Crippen MR) is 75.7 cm³/mol. The summed E-state index contributed by atoms with van der Waals surface area (Å²) in [6, 6.07) is 3.14. The second kappa shape index (κ2) is 6.07. The number of aromatic nitrogens is 2. The van der Waals surface area contributed by atoms with Crippen LogP contribution in [0.1, 0.15) is 20.9 Å². The van der Waals surface area contributed by atoms with Crippen LogP contribution in [0.25, 0.3) is 6.08 Å². The van der Waals surface area contributed by atoms with Gasteiger partial charge in [0.15, 0.2) is 5.13 Å². The van der Waals surface area contributed by atoms with Gasteiger partial charge in [0.05, 0.1) is 0 Å². The zero-order valence-electron chi connectivity index (χ0n) is 10.5. The number of hydrogen-bond acceptors (Lipinski definition) is 5. The monoisotopic (exact) mass is 289 g/mol. The lowest BCUT2D eigenvalue weighted by Crippen LogP contribution is -2.13. The highest BCUT2D eigenvalue weighted by atomic mass is 32.1. The molecule has 2 heterocycles. The van der Waals surface area contributed by atoms with Crippen molar-refractivity contribution in [3.8, 4) is 0 Å². The average Bonchev–Trinajstić information content (AvgIpc) is 2.82. The molecule has 0 aliphatic rings. The number of carbonyl (C=O) groups excluding carboxylic acids is 1. The second-order valence-corrected chi connectivity index (χ2v) is 5.11. The van der Waals surface area contributed by atoms with Gasteiger partial charge in [-0.2, -0.15) is 0 Å². The smallest absolute Gasteiger partial charge is 0.328 e. The summed E-state index contributed by atoms with van der Waals surface area (Å²) in [5.41, 5.74) is 0.847. The number of amides is 1. The van der Waals surface area contributed by atoms with Crippen LogP contribution >= 0.6 is 11.3 Å². The minimum absolute atomic E-state index is 0.241. The van der Waals surface area contributed by atoms with Crippen molar-refractivity contribution in [2.75, 3.05) is 5.32 Å². The van der Waals surface area contributed by atoms with E-state index in [0.29, 0.717) is 10.7 Å². The molecule has 2 aromatic heterocycles. The molecular weight excluding hydrogens is 278 g/mol. The average molecular weight is 289 g/mol. The van der Waals surface area contributed by atoms with Crippen LogP contribution in [0.15, 0.2) is 30.6 Å². The molecule has 0 unspecified atom stereocenters. The number of thiazole rings is 1. The molecule has 0 saturated heterocycles. The van der Waals surface area contributed by atoms with Crippen molar-refractivity contribution in [2.45, 2.75) is 6.92 Å². The summed E-state index contributed by atoms with van der Waals surface area (Å²) in [7, 11) is 0. The van der Waals surface area contributed by atoms with Gasteiger partial charge in [-0.1, -0.05) is 6.07 Å². The van der Waals surface area contributed by atoms with Crippen molar-refractivity contribution < 1.29 is 14.7 Å². The lowest BCUT2D eigenvalue weighted by molar-refractivity contribution is -0.131. The summed E-state index contributed by atoms with van der Waals surface area (Å²) in [6.45, 7) is 1.90. The fraction of sp³-hybridized carbons (Fsp3) is 0.0769. The molecule has 0 atom stereocenters. The Morgan fingerprint density at radius 2 is 2.10 bits per heavy atom. The molecule has 1 amide bonds. The minimum atomic E-state index is -1.04. The van der Waals surface area contributed by atoms with Gasteiger partial charge in [-0.25, -0.2) is 9.78 Å². The van der Waals surface area contributed by atoms with E-state index in [1.807, 2.05) is 6.92 Å². The first-order valence-electron chi connectivity index (χ1n) is 5.65. The predicted octanol–water partition coefficient (Wildman–Crippen LogP) is 2.20. The van der Waals surface area contributed by atoms with Crippen molar-refractivity contribution in [1.82, 2.24) is 9.97 Å². The molecule has 0 aliphatic heterocycles. The Hall–Kier alpha value is -2.54. The van der Waals surface area contributed by atoms with Crippen LogP contribution in [0.5, 0.6) is 0 Å². The summed E-state index contributed by atoms with van der Waals surface area (Å²) in [4.78, 5) is 31.3. The number of nitrogens with one attached hydrogen (secondary N) is 1. The third kappa shape index (κ3) is 3.72. The SMILES string of the molecule is Cc1cnc(NC(=O)c2ccc(C=CC(=O)O)cn2)s1. The number of aryl methyl sites for hydroxylation is 1. The van der Waals surface area contributed by atoms with Crippen LogP contribution in [0.2, 0.25) is 0 Å². The molecule has 2 aromatic rings. The Morgan fingerprint density at radius 1 is 1.30 bits per heavy atom. The van der Waals surface area contributed by atoms with Crippen LogP contribution in [-0.4, -0.2) is 27.0 Å². The van der Waals surface area contributed by atoms with E-state index in [9.17, 15) is 9.59 Å². The van der Waals surface area contributed by atoms with E-state index in [0.717, 1.165) is 11.0 Å². The summed E-state index contributed by atoms with van der Waals surface area (Å²) in [5.74, 6) is -1.39. The standard InChI is InChI=1S/C13H11N3O3S/c1-8-6-15-13(20-8)16-12(19)10-4-2-9(7-14-10)3-5-11(17)18/h2-7H,1H3,(H,17,18)(H,15,16,19). The topological polar surface area (TPSA) is 92.2 Å². The van der Waals surface area contributed by atoms with Crippen molar-refractivity contribution in [2.24, 2.45) is 0 Å². The molecule has 102 valence electrons. The zero-order chi connectivity index (χ0) is 14.5. The third-order valence-corrected chi connectivity index (χ3v) is 3.11. The van der Waals surface area contributed by atoms with Gasteiger partial charge < -0.3 is 5.11 Å². The highest BCUT2D eigenvalue weighted by Crippen LogP contribution is 2.17. The molecule has 0 radical (unpaired) electrons. The Balaban J connectivity index is 2.05. The first-order valence-corrected chi connectivity index (χ1v) is 6.47. The maximum Gasteiger partial charge on any atom is 0.328 e. The number of pyridine rings is 1. The van der Waals surface area contributed by atoms with E-state index < -0.39 is 5.97 Å². The van der Waals surface area contributed by atoms with Gasteiger partial charge in [-0.15, -0.1) is 11.3 Å². The lowest BCUT2D eigenvalue weighted by Gasteiger charge is -2.01. The number of carboxylic acids is 1. The maximum atomic E-state index is 11.9. The Labute approximate surface area is 118 Å². The van der Waals surface area contributed by atoms with Gasteiger partial charge in [-0.05, 0) is 24.6 Å². The lowest BCUT2D eigenvalue weighted by atomic mass is 10.2. The van der Waals surface area contributed by atoms with Gasteiger partial charge in [-0.3, -0.25) is 15.1 Å². The molecule has 0 aliphatic carbocycles. The molecule has 0 bridgehead atoms. The Bertz CT molecular complexity index is 662. The number of hydrogen-bond donors (Lipinski definition) is 2. The molecule has 0 aromatic carbocycles. The number of aliphatic carboxylic acids is 1. The minimum Gasteiger partial charge on any atom is -0.478 e. The Kier molecular flexibility index (Phi) is 4.21. The van der Waals surface area contributed by atoms with E-state index >= 15 is 0 Å². The molecule has 6 nitrogen and oxygen atoms in total. The van der Waals surface area contributed by atoms with Crippen LogP contribution in [-0.2, 0) is 4.79 Å². The number of carbonyl (C=O) groups is 2. The van der Waals surface area contributed by atoms with Gasteiger partial charge in [0.25, 0.3) is 5.91 Å². The summed E-state index contributed by atoms with van der Waals surface area (Å²) < 4.78 is 0. The van der Waals surface area contributed by atoms with E-state index in [-0.39, 0.29) is 11.6 Å². The number of carboxylic acid groups (broad SMARTS) is 1. The zero-order valence-corrected chi connectivity index (χ0v) is 11.3. The Morgan fingerprint density at radius 3 is 2.65 bits per heavy atom. The van der Waals surface area contributed by atoms with Crippen LogP contribution in [0, 0.1) is 6.92 Å². The first kappa shape index (κ1) is 13.9. The van der Waals surface area contributed by atoms with E-state index in [2.05, 4.69) is 15.3 Å². The highest BCUT2D eigenvalue weighted by molar-refractivity contribution is 7.15. The van der Waals surface area contributed by atoms with Crippen molar-refractivity contribution in [3.63, 3.8) is 0 Å². The number of nitrogens with zero attached hydrogens (tertiary/aromatic N) is 2. The molecule has 20 heavy (non-hydrogen) atoms. The first-order chi connectivity index (χ1) is 9.54. The summed E-state index contributed by atoms with van der Waals surface area (Å²) >= 11 is 1.38. The number of anilines is 1. The molecular formula is C13H11N3O3S. The van der Waals surface area contributed by atoms with Gasteiger partial charge in [0.2, 0.25) is 0 Å². The fourth-order valence-corrected chi connectivity index (χ4v) is 2.04. The van der Waals surface area contributed by atoms with E-state index in [4.69, 9.17) is 5.11 Å². The van der Waals surface area contributed by atoms with Crippen molar-refractivity contribution >= 4 is 34.4 Å². The second-order valence-electron chi connectivity index (χ2n) is 3.88. The molecule has 0 spiro atoms. The van der Waals surface area contributed by atoms with Crippen LogP contribution in [0.3, 0.4) is 0 Å². The van der Waals surface area contributed by atoms with Gasteiger partial charge >= 0.3 is 5.97 Å². The van der Waals surface area contributed by atoms with E-state index in [1.54, 1.807) is 12.3 Å². The fourth-order valence-electron chi connectivity index (χ4n) is 1.38. The van der Waals surface area contributed by atoms with E-state index in [1.165, 1.54) is 29.7 Å². The normalized spacial score (nSPS) is 10.7. The quantitative estimate of drug-likeness (QED) is 0.842. The maximum absolute atomic E-state index is 11.9. The molecule has 2 N–H and O–H groups in total. The third-order valence-electron chi connectivity index (χ3n) is 2.28. The van der Waals surface area contributed by atoms with Gasteiger partial charge in [0, 0.05) is 23.3 Å². The van der Waals surface area contributed by atoms with Crippen LogP contribution < -0.4 is 5.32 Å². The van der Waals surface area contributed by atoms with Gasteiger partial charge in [0.1, 0.15) is 5.69 Å². The molecule has 0 fully saturated rings. The molecule has 7 heteroatoms. The highest BCUT2D eigenvalue weighted by Gasteiger charge is 2.09. The number of rotatable bonds is 4. The molecule has 0 saturated carbocycles. The van der Waals surface area contributed by atoms with Crippen LogP contribution in [0.4, 0.5) is 5.13 Å². The largest absolute Gasteiger partial charge is 0.478 e. The summed E-state index contributed by atoms with van der Waals surface area (Å²) in [6.07, 6.45) is 5.52. The van der Waals surface area contributed by atoms with Crippen molar-refractivity contribution in [3.05, 3.63) is 46.7 Å².